The van der Waals surface area contributed by atoms with Crippen LogP contribution in [0.15, 0.2) is 24.3 Å². The highest BCUT2D eigenvalue weighted by Gasteiger charge is 2.10. The van der Waals surface area contributed by atoms with Crippen LogP contribution >= 0.6 is 23.2 Å². The first-order chi connectivity index (χ1) is 7.67. The van der Waals surface area contributed by atoms with Gasteiger partial charge in [-0.25, -0.2) is 0 Å². The zero-order chi connectivity index (χ0) is 11.7. The smallest absolute Gasteiger partial charge is 0.127 e. The number of methoxy groups -OCH3 is 2. The van der Waals surface area contributed by atoms with Gasteiger partial charge in [-0.3, -0.25) is 0 Å². The Kier molecular flexibility index (Phi) is 3.13. The van der Waals surface area contributed by atoms with Gasteiger partial charge in [0.2, 0.25) is 0 Å². The Morgan fingerprint density at radius 1 is 0.812 bits per heavy atom. The van der Waals surface area contributed by atoms with Crippen LogP contribution in [0.3, 0.4) is 0 Å². The van der Waals surface area contributed by atoms with Gasteiger partial charge in [0.1, 0.15) is 11.5 Å². The van der Waals surface area contributed by atoms with Crippen molar-refractivity contribution in [1.29, 1.82) is 0 Å². The van der Waals surface area contributed by atoms with Gasteiger partial charge in [-0.2, -0.15) is 0 Å². The summed E-state index contributed by atoms with van der Waals surface area (Å²) in [6.45, 7) is 0. The van der Waals surface area contributed by atoms with Crippen molar-refractivity contribution >= 4 is 34.0 Å². The van der Waals surface area contributed by atoms with Crippen LogP contribution in [0.5, 0.6) is 11.5 Å². The third-order valence-electron chi connectivity index (χ3n) is 2.42. The number of rotatable bonds is 2. The predicted octanol–water partition coefficient (Wildman–Crippen LogP) is 4.16. The monoisotopic (exact) mass is 256 g/mol. The Balaban J connectivity index is 2.85. The first kappa shape index (κ1) is 11.4. The van der Waals surface area contributed by atoms with Gasteiger partial charge >= 0.3 is 0 Å². The molecule has 0 heterocycles. The van der Waals surface area contributed by atoms with Crippen molar-refractivity contribution in [3.05, 3.63) is 34.3 Å². The van der Waals surface area contributed by atoms with Crippen molar-refractivity contribution in [3.63, 3.8) is 0 Å². The average molecular weight is 257 g/mol. The summed E-state index contributed by atoms with van der Waals surface area (Å²) in [4.78, 5) is 0. The zero-order valence-electron chi connectivity index (χ0n) is 8.88. The molecule has 0 unspecified atom stereocenters. The van der Waals surface area contributed by atoms with Gasteiger partial charge < -0.3 is 9.47 Å². The van der Waals surface area contributed by atoms with Crippen molar-refractivity contribution in [1.82, 2.24) is 0 Å². The molecule has 0 bridgehead atoms. The topological polar surface area (TPSA) is 18.5 Å². The fourth-order valence-electron chi connectivity index (χ4n) is 1.64. The minimum atomic E-state index is 0.501. The fourth-order valence-corrected chi connectivity index (χ4v) is 1.97. The quantitative estimate of drug-likeness (QED) is 0.804. The predicted molar refractivity (Wildman–Crippen MR) is 67.1 cm³/mol. The molecule has 0 amide bonds. The van der Waals surface area contributed by atoms with Crippen molar-refractivity contribution in [3.8, 4) is 11.5 Å². The van der Waals surface area contributed by atoms with Gasteiger partial charge in [0.15, 0.2) is 0 Å². The van der Waals surface area contributed by atoms with Crippen LogP contribution in [-0.2, 0) is 0 Å². The number of ether oxygens (including phenoxy) is 2. The number of hydrogen-bond donors (Lipinski definition) is 0. The second-order valence-corrected chi connectivity index (χ2v) is 4.10. The van der Waals surface area contributed by atoms with E-state index in [0.717, 1.165) is 22.3 Å². The summed E-state index contributed by atoms with van der Waals surface area (Å²) in [6.07, 6.45) is 0. The van der Waals surface area contributed by atoms with Gasteiger partial charge in [-0.1, -0.05) is 23.2 Å². The maximum absolute atomic E-state index is 5.98. The summed E-state index contributed by atoms with van der Waals surface area (Å²) < 4.78 is 10.5. The number of halogens is 2. The van der Waals surface area contributed by atoms with Crippen LogP contribution in [0.1, 0.15) is 0 Å². The van der Waals surface area contributed by atoms with Crippen LogP contribution in [0, 0.1) is 0 Å². The molecule has 0 radical (unpaired) electrons. The minimum absolute atomic E-state index is 0.501. The Morgan fingerprint density at radius 2 is 1.19 bits per heavy atom. The normalized spacial score (nSPS) is 10.5. The molecule has 0 N–H and O–H groups in total. The summed E-state index contributed by atoms with van der Waals surface area (Å²) in [5.41, 5.74) is 0. The van der Waals surface area contributed by atoms with Crippen LogP contribution in [-0.4, -0.2) is 14.2 Å². The lowest BCUT2D eigenvalue weighted by molar-refractivity contribution is 0.410. The molecule has 2 aromatic carbocycles. The molecule has 2 nitrogen and oxygen atoms in total. The largest absolute Gasteiger partial charge is 0.496 e. The highest BCUT2D eigenvalue weighted by atomic mass is 35.5. The maximum atomic E-state index is 5.98. The first-order valence-corrected chi connectivity index (χ1v) is 5.42. The standard InChI is InChI=1S/C12H10Cl2O2/c1-15-11-3-4-12(16-2)8-6-10(14)9(13)5-7(8)11/h3-6H,1-2H3. The van der Waals surface area contributed by atoms with Gasteiger partial charge in [0, 0.05) is 10.8 Å². The lowest BCUT2D eigenvalue weighted by Crippen LogP contribution is -1.89. The van der Waals surface area contributed by atoms with Crippen LogP contribution in [0.4, 0.5) is 0 Å². The van der Waals surface area contributed by atoms with E-state index in [1.165, 1.54) is 0 Å². The Hall–Kier alpha value is -1.12. The fraction of sp³-hybridized carbons (Fsp3) is 0.167. The molecule has 4 heteroatoms. The van der Waals surface area contributed by atoms with E-state index in [2.05, 4.69) is 0 Å². The Bertz CT molecular complexity index is 490. The van der Waals surface area contributed by atoms with Crippen LogP contribution in [0.25, 0.3) is 10.8 Å². The minimum Gasteiger partial charge on any atom is -0.496 e. The van der Waals surface area contributed by atoms with E-state index in [1.807, 2.05) is 12.1 Å². The molecule has 2 aromatic rings. The SMILES string of the molecule is COc1ccc(OC)c2cc(Cl)c(Cl)cc12. The number of fused-ring (bicyclic) bond motifs is 1. The molecule has 2 rings (SSSR count). The van der Waals surface area contributed by atoms with Gasteiger partial charge in [-0.05, 0) is 24.3 Å². The summed E-state index contributed by atoms with van der Waals surface area (Å²) in [5, 5.41) is 2.77. The molecular weight excluding hydrogens is 247 g/mol. The molecule has 0 aromatic heterocycles. The van der Waals surface area contributed by atoms with Gasteiger partial charge in [-0.15, -0.1) is 0 Å². The van der Waals surface area contributed by atoms with Crippen molar-refractivity contribution in [2.24, 2.45) is 0 Å². The number of benzene rings is 2. The molecule has 0 aliphatic rings. The van der Waals surface area contributed by atoms with E-state index < -0.39 is 0 Å². The van der Waals surface area contributed by atoms with Crippen LogP contribution in [0.2, 0.25) is 10.0 Å². The van der Waals surface area contributed by atoms with Gasteiger partial charge in [0.25, 0.3) is 0 Å². The summed E-state index contributed by atoms with van der Waals surface area (Å²) in [6, 6.07) is 7.23. The Morgan fingerprint density at radius 3 is 1.50 bits per heavy atom. The maximum Gasteiger partial charge on any atom is 0.127 e. The van der Waals surface area contributed by atoms with E-state index >= 15 is 0 Å². The van der Waals surface area contributed by atoms with E-state index in [1.54, 1.807) is 26.4 Å². The molecule has 0 fully saturated rings. The van der Waals surface area contributed by atoms with Crippen molar-refractivity contribution < 1.29 is 9.47 Å². The second kappa shape index (κ2) is 4.40. The lowest BCUT2D eigenvalue weighted by atomic mass is 10.1. The lowest BCUT2D eigenvalue weighted by Gasteiger charge is -2.10. The molecule has 0 spiro atoms. The molecule has 0 saturated carbocycles. The highest BCUT2D eigenvalue weighted by molar-refractivity contribution is 6.43. The molecule has 16 heavy (non-hydrogen) atoms. The van der Waals surface area contributed by atoms with Crippen LogP contribution < -0.4 is 9.47 Å². The van der Waals surface area contributed by atoms with E-state index in [4.69, 9.17) is 32.7 Å². The molecule has 0 saturated heterocycles. The highest BCUT2D eigenvalue weighted by Crippen LogP contribution is 2.37. The summed E-state index contributed by atoms with van der Waals surface area (Å²) >= 11 is 12.0. The van der Waals surface area contributed by atoms with Crippen molar-refractivity contribution in [2.45, 2.75) is 0 Å². The third-order valence-corrected chi connectivity index (χ3v) is 3.14. The molecule has 84 valence electrons. The molecular formula is C12H10Cl2O2. The Labute approximate surface area is 104 Å². The average Bonchev–Trinajstić information content (AvgIpc) is 2.29. The molecule has 0 atom stereocenters. The van der Waals surface area contributed by atoms with E-state index in [9.17, 15) is 0 Å². The zero-order valence-corrected chi connectivity index (χ0v) is 10.4. The van der Waals surface area contributed by atoms with E-state index in [-0.39, 0.29) is 0 Å². The number of hydrogen-bond acceptors (Lipinski definition) is 2. The molecule has 0 aliphatic heterocycles. The molecule has 0 aliphatic carbocycles. The van der Waals surface area contributed by atoms with Crippen molar-refractivity contribution in [2.75, 3.05) is 14.2 Å². The van der Waals surface area contributed by atoms with Gasteiger partial charge in [0.05, 0.1) is 24.3 Å². The summed E-state index contributed by atoms with van der Waals surface area (Å²) in [5.74, 6) is 1.49. The first-order valence-electron chi connectivity index (χ1n) is 4.67. The third kappa shape index (κ3) is 1.79. The van der Waals surface area contributed by atoms with E-state index in [0.29, 0.717) is 10.0 Å². The second-order valence-electron chi connectivity index (χ2n) is 3.28. The summed E-state index contributed by atoms with van der Waals surface area (Å²) in [7, 11) is 3.23.